The van der Waals surface area contributed by atoms with Gasteiger partial charge in [-0.2, -0.15) is 0 Å². The lowest BCUT2D eigenvalue weighted by atomic mass is 10.1. The minimum absolute atomic E-state index is 0.172. The number of hydrogen-bond acceptors (Lipinski definition) is 2. The maximum absolute atomic E-state index is 9.52. The van der Waals surface area contributed by atoms with Crippen LogP contribution in [0.2, 0.25) is 0 Å². The molecule has 0 aliphatic heterocycles. The van der Waals surface area contributed by atoms with E-state index < -0.39 is 0 Å². The third-order valence-electron chi connectivity index (χ3n) is 2.91. The Labute approximate surface area is 105 Å². The van der Waals surface area contributed by atoms with Crippen LogP contribution >= 0.6 is 0 Å². The third kappa shape index (κ3) is 7.14. The van der Waals surface area contributed by atoms with E-state index >= 15 is 0 Å². The topological polar surface area (TPSA) is 32.3 Å². The maximum Gasteiger partial charge on any atom is 0.0664 e. The van der Waals surface area contributed by atoms with E-state index in [0.29, 0.717) is 0 Å². The molecule has 1 aromatic carbocycles. The second-order valence-corrected chi connectivity index (χ2v) is 4.59. The van der Waals surface area contributed by atoms with Crippen molar-refractivity contribution in [2.45, 2.75) is 45.1 Å². The second-order valence-electron chi connectivity index (χ2n) is 4.59. The van der Waals surface area contributed by atoms with E-state index in [-0.39, 0.29) is 6.10 Å². The summed E-state index contributed by atoms with van der Waals surface area (Å²) in [6.07, 6.45) is 5.32. The predicted octanol–water partition coefficient (Wildman–Crippen LogP) is 2.76. The van der Waals surface area contributed by atoms with Gasteiger partial charge in [-0.1, -0.05) is 43.7 Å². The Kier molecular flexibility index (Phi) is 7.69. The van der Waals surface area contributed by atoms with Crippen molar-refractivity contribution in [2.24, 2.45) is 0 Å². The summed E-state index contributed by atoms with van der Waals surface area (Å²) in [5.74, 6) is 0. The van der Waals surface area contributed by atoms with Crippen LogP contribution < -0.4 is 5.32 Å². The Hall–Kier alpha value is -0.860. The van der Waals surface area contributed by atoms with Crippen LogP contribution in [-0.4, -0.2) is 24.3 Å². The van der Waals surface area contributed by atoms with Gasteiger partial charge < -0.3 is 10.4 Å². The molecule has 0 saturated heterocycles. The molecule has 2 heteroatoms. The van der Waals surface area contributed by atoms with Crippen molar-refractivity contribution in [1.29, 1.82) is 0 Å². The van der Waals surface area contributed by atoms with Crippen molar-refractivity contribution in [3.05, 3.63) is 35.9 Å². The molecule has 0 aliphatic rings. The van der Waals surface area contributed by atoms with E-state index in [9.17, 15) is 5.11 Å². The SMILES string of the molecule is CCCC(O)CNCCCCc1ccccc1. The lowest BCUT2D eigenvalue weighted by molar-refractivity contribution is 0.161. The van der Waals surface area contributed by atoms with E-state index in [4.69, 9.17) is 0 Å². The number of unbranched alkanes of at least 4 members (excludes halogenated alkanes) is 1. The number of nitrogens with one attached hydrogen (secondary N) is 1. The van der Waals surface area contributed by atoms with Crippen LogP contribution in [0.25, 0.3) is 0 Å². The Bertz CT molecular complexity index is 274. The number of aliphatic hydroxyl groups is 1. The molecule has 0 spiro atoms. The first kappa shape index (κ1) is 14.2. The first-order chi connectivity index (χ1) is 8.33. The number of rotatable bonds is 9. The fourth-order valence-electron chi connectivity index (χ4n) is 1.93. The van der Waals surface area contributed by atoms with Gasteiger partial charge >= 0.3 is 0 Å². The molecular formula is C15H25NO. The standard InChI is InChI=1S/C15H25NO/c1-2-8-15(17)13-16-12-7-6-11-14-9-4-3-5-10-14/h3-5,9-10,15-17H,2,6-8,11-13H2,1H3. The van der Waals surface area contributed by atoms with Crippen molar-refractivity contribution in [3.63, 3.8) is 0 Å². The first-order valence-corrected chi connectivity index (χ1v) is 6.75. The van der Waals surface area contributed by atoms with E-state index in [2.05, 4.69) is 42.6 Å². The zero-order valence-electron chi connectivity index (χ0n) is 10.9. The molecule has 96 valence electrons. The Morgan fingerprint density at radius 3 is 2.65 bits per heavy atom. The molecular weight excluding hydrogens is 210 g/mol. The van der Waals surface area contributed by atoms with Crippen molar-refractivity contribution in [3.8, 4) is 0 Å². The Morgan fingerprint density at radius 1 is 1.18 bits per heavy atom. The molecule has 0 fully saturated rings. The molecule has 1 rings (SSSR count). The number of aliphatic hydroxyl groups excluding tert-OH is 1. The summed E-state index contributed by atoms with van der Waals surface area (Å²) >= 11 is 0. The van der Waals surface area contributed by atoms with E-state index in [0.717, 1.165) is 32.4 Å². The smallest absolute Gasteiger partial charge is 0.0664 e. The Balaban J connectivity index is 1.95. The summed E-state index contributed by atoms with van der Waals surface area (Å²) in [6.45, 7) is 3.84. The highest BCUT2D eigenvalue weighted by Gasteiger charge is 2.00. The van der Waals surface area contributed by atoms with Gasteiger partial charge in [0.05, 0.1) is 6.10 Å². The van der Waals surface area contributed by atoms with Gasteiger partial charge in [0.2, 0.25) is 0 Å². The van der Waals surface area contributed by atoms with Gasteiger partial charge in [-0.3, -0.25) is 0 Å². The van der Waals surface area contributed by atoms with Crippen LogP contribution in [-0.2, 0) is 6.42 Å². The van der Waals surface area contributed by atoms with Crippen molar-refractivity contribution < 1.29 is 5.11 Å². The monoisotopic (exact) mass is 235 g/mol. The first-order valence-electron chi connectivity index (χ1n) is 6.75. The van der Waals surface area contributed by atoms with Gasteiger partial charge in [-0.25, -0.2) is 0 Å². The Morgan fingerprint density at radius 2 is 1.94 bits per heavy atom. The summed E-state index contributed by atoms with van der Waals surface area (Å²) in [4.78, 5) is 0. The van der Waals surface area contributed by atoms with Crippen molar-refractivity contribution >= 4 is 0 Å². The number of aryl methyl sites for hydroxylation is 1. The average molecular weight is 235 g/mol. The van der Waals surface area contributed by atoms with E-state index in [1.807, 2.05) is 0 Å². The van der Waals surface area contributed by atoms with Crippen LogP contribution in [0.5, 0.6) is 0 Å². The molecule has 0 amide bonds. The zero-order valence-corrected chi connectivity index (χ0v) is 10.9. The van der Waals surface area contributed by atoms with Crippen LogP contribution in [0.3, 0.4) is 0 Å². The molecule has 0 aromatic heterocycles. The molecule has 0 bridgehead atoms. The summed E-state index contributed by atoms with van der Waals surface area (Å²) in [6, 6.07) is 10.6. The normalized spacial score (nSPS) is 12.6. The average Bonchev–Trinajstić information content (AvgIpc) is 2.35. The number of hydrogen-bond donors (Lipinski definition) is 2. The van der Waals surface area contributed by atoms with Gasteiger partial charge in [0, 0.05) is 6.54 Å². The van der Waals surface area contributed by atoms with Crippen LogP contribution in [0.15, 0.2) is 30.3 Å². The maximum atomic E-state index is 9.52. The lowest BCUT2D eigenvalue weighted by Crippen LogP contribution is -2.27. The summed E-state index contributed by atoms with van der Waals surface area (Å²) in [7, 11) is 0. The fraction of sp³-hybridized carbons (Fsp3) is 0.600. The van der Waals surface area contributed by atoms with Gasteiger partial charge in [0.25, 0.3) is 0 Å². The van der Waals surface area contributed by atoms with E-state index in [1.165, 1.54) is 18.4 Å². The minimum atomic E-state index is -0.172. The highest BCUT2D eigenvalue weighted by molar-refractivity contribution is 5.14. The van der Waals surface area contributed by atoms with Crippen LogP contribution in [0.4, 0.5) is 0 Å². The minimum Gasteiger partial charge on any atom is -0.392 e. The predicted molar refractivity (Wildman–Crippen MR) is 73.2 cm³/mol. The summed E-state index contributed by atoms with van der Waals surface area (Å²) in [5.41, 5.74) is 1.42. The molecule has 1 aromatic rings. The molecule has 2 nitrogen and oxygen atoms in total. The molecule has 17 heavy (non-hydrogen) atoms. The lowest BCUT2D eigenvalue weighted by Gasteiger charge is -2.10. The highest BCUT2D eigenvalue weighted by atomic mass is 16.3. The summed E-state index contributed by atoms with van der Waals surface area (Å²) < 4.78 is 0. The van der Waals surface area contributed by atoms with Gasteiger partial charge in [-0.15, -0.1) is 0 Å². The van der Waals surface area contributed by atoms with Gasteiger partial charge in [-0.05, 0) is 37.8 Å². The second kappa shape index (κ2) is 9.20. The molecule has 0 radical (unpaired) electrons. The molecule has 1 atom stereocenters. The molecule has 1 unspecified atom stereocenters. The third-order valence-corrected chi connectivity index (χ3v) is 2.91. The van der Waals surface area contributed by atoms with Crippen molar-refractivity contribution in [1.82, 2.24) is 5.32 Å². The summed E-state index contributed by atoms with van der Waals surface area (Å²) in [5, 5.41) is 12.8. The highest BCUT2D eigenvalue weighted by Crippen LogP contribution is 2.03. The number of benzene rings is 1. The zero-order chi connectivity index (χ0) is 12.3. The largest absolute Gasteiger partial charge is 0.392 e. The quantitative estimate of drug-likeness (QED) is 0.645. The molecule has 0 aliphatic carbocycles. The van der Waals surface area contributed by atoms with Gasteiger partial charge in [0.1, 0.15) is 0 Å². The van der Waals surface area contributed by atoms with Crippen LogP contribution in [0.1, 0.15) is 38.2 Å². The fourth-order valence-corrected chi connectivity index (χ4v) is 1.93. The molecule has 2 N–H and O–H groups in total. The molecule has 0 saturated carbocycles. The van der Waals surface area contributed by atoms with Crippen molar-refractivity contribution in [2.75, 3.05) is 13.1 Å². The van der Waals surface area contributed by atoms with E-state index in [1.54, 1.807) is 0 Å². The van der Waals surface area contributed by atoms with Gasteiger partial charge in [0.15, 0.2) is 0 Å². The van der Waals surface area contributed by atoms with Crippen LogP contribution in [0, 0.1) is 0 Å². The molecule has 0 heterocycles.